The van der Waals surface area contributed by atoms with Crippen molar-refractivity contribution in [3.05, 3.63) is 52.0 Å². The smallest absolute Gasteiger partial charge is 0.119 e. The predicted molar refractivity (Wildman–Crippen MR) is 93.3 cm³/mol. The highest BCUT2D eigenvalue weighted by atomic mass is 32.1. The van der Waals surface area contributed by atoms with E-state index in [9.17, 15) is 0 Å². The number of aromatic nitrogens is 1. The van der Waals surface area contributed by atoms with E-state index in [0.29, 0.717) is 6.61 Å². The van der Waals surface area contributed by atoms with E-state index in [0.717, 1.165) is 17.5 Å². The van der Waals surface area contributed by atoms with Gasteiger partial charge in [-0.1, -0.05) is 43.2 Å². The van der Waals surface area contributed by atoms with E-state index in [4.69, 9.17) is 9.72 Å². The van der Waals surface area contributed by atoms with Crippen LogP contribution in [0.15, 0.2) is 35.7 Å². The number of hydrogen-bond donors (Lipinski definition) is 0. The minimum Gasteiger partial charge on any atom is -0.378 e. The summed E-state index contributed by atoms with van der Waals surface area (Å²) in [6, 6.07) is 11.1. The lowest BCUT2D eigenvalue weighted by Gasteiger charge is -2.61. The van der Waals surface area contributed by atoms with Crippen LogP contribution >= 0.6 is 11.3 Å². The van der Waals surface area contributed by atoms with Gasteiger partial charge in [0.2, 0.25) is 0 Å². The van der Waals surface area contributed by atoms with Crippen LogP contribution in [0, 0.1) is 5.92 Å². The standard InChI is InChI=1S/C19H24N2OS/c1-22-13-18-20-17(14-23-18)12-21-11-16-9-5-6-10-19(16,21)15-7-3-2-4-8-15/h2-4,7-8,14,16H,5-6,9-13H2,1H3. The molecule has 1 saturated heterocycles. The summed E-state index contributed by atoms with van der Waals surface area (Å²) in [4.78, 5) is 7.40. The molecule has 4 rings (SSSR count). The number of ether oxygens (including phenoxy) is 1. The number of benzene rings is 1. The van der Waals surface area contributed by atoms with Crippen LogP contribution in [0.2, 0.25) is 0 Å². The van der Waals surface area contributed by atoms with E-state index in [-0.39, 0.29) is 5.54 Å². The van der Waals surface area contributed by atoms with Crippen LogP contribution in [-0.2, 0) is 23.4 Å². The third-order valence-corrected chi connectivity index (χ3v) is 6.41. The van der Waals surface area contributed by atoms with Crippen molar-refractivity contribution in [2.24, 2.45) is 5.92 Å². The Balaban J connectivity index is 1.58. The van der Waals surface area contributed by atoms with E-state index in [1.54, 1.807) is 18.4 Å². The van der Waals surface area contributed by atoms with Gasteiger partial charge in [0.1, 0.15) is 5.01 Å². The second kappa shape index (κ2) is 6.34. The minimum atomic E-state index is 0.255. The Kier molecular flexibility index (Phi) is 4.22. The van der Waals surface area contributed by atoms with E-state index in [1.165, 1.54) is 43.5 Å². The average Bonchev–Trinajstić information content (AvgIpc) is 3.01. The lowest BCUT2D eigenvalue weighted by atomic mass is 9.61. The molecule has 2 aliphatic rings. The number of likely N-dealkylation sites (tertiary alicyclic amines) is 1. The van der Waals surface area contributed by atoms with Crippen LogP contribution in [0.1, 0.15) is 41.9 Å². The van der Waals surface area contributed by atoms with Crippen molar-refractivity contribution in [1.82, 2.24) is 9.88 Å². The number of hydrogen-bond acceptors (Lipinski definition) is 4. The lowest BCUT2D eigenvalue weighted by molar-refractivity contribution is -0.121. The normalized spacial score (nSPS) is 27.4. The molecule has 4 heteroatoms. The third-order valence-electron chi connectivity index (χ3n) is 5.53. The van der Waals surface area contributed by atoms with Gasteiger partial charge in [-0.25, -0.2) is 4.98 Å². The monoisotopic (exact) mass is 328 g/mol. The molecule has 1 aromatic heterocycles. The fourth-order valence-electron chi connectivity index (χ4n) is 4.51. The van der Waals surface area contributed by atoms with E-state index >= 15 is 0 Å². The maximum Gasteiger partial charge on any atom is 0.119 e. The molecule has 0 radical (unpaired) electrons. The van der Waals surface area contributed by atoms with Gasteiger partial charge in [-0.2, -0.15) is 0 Å². The fourth-order valence-corrected chi connectivity index (χ4v) is 5.26. The molecule has 2 atom stereocenters. The maximum absolute atomic E-state index is 5.20. The van der Waals surface area contributed by atoms with Crippen molar-refractivity contribution in [1.29, 1.82) is 0 Å². The number of methoxy groups -OCH3 is 1. The molecule has 1 aromatic carbocycles. The van der Waals surface area contributed by atoms with Gasteiger partial charge in [-0.3, -0.25) is 4.90 Å². The number of rotatable bonds is 5. The first-order valence-corrected chi connectivity index (χ1v) is 9.43. The second-order valence-electron chi connectivity index (χ2n) is 6.78. The molecule has 0 bridgehead atoms. The molecule has 122 valence electrons. The van der Waals surface area contributed by atoms with Crippen LogP contribution in [0.25, 0.3) is 0 Å². The Morgan fingerprint density at radius 2 is 2.17 bits per heavy atom. The summed E-state index contributed by atoms with van der Waals surface area (Å²) in [7, 11) is 1.73. The van der Waals surface area contributed by atoms with Crippen molar-refractivity contribution < 1.29 is 4.74 Å². The van der Waals surface area contributed by atoms with Crippen LogP contribution in [0.4, 0.5) is 0 Å². The molecule has 1 saturated carbocycles. The van der Waals surface area contributed by atoms with Gasteiger partial charge in [0.05, 0.1) is 17.8 Å². The van der Waals surface area contributed by atoms with E-state index in [2.05, 4.69) is 40.6 Å². The molecule has 0 spiro atoms. The Hall–Kier alpha value is -1.23. The molecule has 0 N–H and O–H groups in total. The summed E-state index contributed by atoms with van der Waals surface area (Å²) in [5, 5.41) is 3.28. The summed E-state index contributed by atoms with van der Waals surface area (Å²) in [6.07, 6.45) is 5.39. The summed E-state index contributed by atoms with van der Waals surface area (Å²) >= 11 is 1.71. The zero-order valence-electron chi connectivity index (χ0n) is 13.7. The molecule has 2 heterocycles. The Morgan fingerprint density at radius 3 is 2.96 bits per heavy atom. The van der Waals surface area contributed by atoms with Crippen molar-refractivity contribution in [2.75, 3.05) is 13.7 Å². The van der Waals surface area contributed by atoms with Gasteiger partial charge >= 0.3 is 0 Å². The average molecular weight is 328 g/mol. The Labute approximate surface area is 142 Å². The van der Waals surface area contributed by atoms with Crippen molar-refractivity contribution in [3.8, 4) is 0 Å². The lowest BCUT2D eigenvalue weighted by Crippen LogP contribution is -2.65. The number of nitrogens with zero attached hydrogens (tertiary/aromatic N) is 2. The molecule has 2 unspecified atom stereocenters. The van der Waals surface area contributed by atoms with Crippen LogP contribution in [0.3, 0.4) is 0 Å². The largest absolute Gasteiger partial charge is 0.378 e. The number of fused-ring (bicyclic) bond motifs is 1. The first-order valence-electron chi connectivity index (χ1n) is 8.56. The highest BCUT2D eigenvalue weighted by Crippen LogP contribution is 2.54. The summed E-state index contributed by atoms with van der Waals surface area (Å²) in [5.74, 6) is 0.815. The predicted octanol–water partition coefficient (Wildman–Crippen LogP) is 4.19. The summed E-state index contributed by atoms with van der Waals surface area (Å²) < 4.78 is 5.20. The maximum atomic E-state index is 5.20. The van der Waals surface area contributed by atoms with E-state index < -0.39 is 0 Å². The second-order valence-corrected chi connectivity index (χ2v) is 7.72. The molecule has 2 fully saturated rings. The van der Waals surface area contributed by atoms with Gasteiger partial charge in [0, 0.05) is 25.6 Å². The van der Waals surface area contributed by atoms with Gasteiger partial charge in [-0.05, 0) is 24.3 Å². The summed E-state index contributed by atoms with van der Waals surface area (Å²) in [5.41, 5.74) is 2.95. The van der Waals surface area contributed by atoms with Gasteiger partial charge < -0.3 is 4.74 Å². The Morgan fingerprint density at radius 1 is 1.30 bits per heavy atom. The van der Waals surface area contributed by atoms with Gasteiger partial charge in [0.15, 0.2) is 0 Å². The van der Waals surface area contributed by atoms with Gasteiger partial charge in [-0.15, -0.1) is 11.3 Å². The van der Waals surface area contributed by atoms with Crippen LogP contribution in [-0.4, -0.2) is 23.5 Å². The van der Waals surface area contributed by atoms with Gasteiger partial charge in [0.25, 0.3) is 0 Å². The molecule has 2 aromatic rings. The van der Waals surface area contributed by atoms with Crippen LogP contribution in [0.5, 0.6) is 0 Å². The number of thiazole rings is 1. The van der Waals surface area contributed by atoms with E-state index in [1.807, 2.05) is 0 Å². The zero-order chi connectivity index (χ0) is 15.7. The highest BCUT2D eigenvalue weighted by molar-refractivity contribution is 7.09. The van der Waals surface area contributed by atoms with Crippen molar-refractivity contribution >= 4 is 11.3 Å². The first-order chi connectivity index (χ1) is 11.3. The molecular formula is C19H24N2OS. The summed E-state index contributed by atoms with van der Waals surface area (Å²) in [6.45, 7) is 2.80. The van der Waals surface area contributed by atoms with Crippen LogP contribution < -0.4 is 0 Å². The molecular weight excluding hydrogens is 304 g/mol. The topological polar surface area (TPSA) is 25.4 Å². The molecule has 3 nitrogen and oxygen atoms in total. The molecule has 23 heavy (non-hydrogen) atoms. The fraction of sp³-hybridized carbons (Fsp3) is 0.526. The molecule has 1 aliphatic heterocycles. The first kappa shape index (κ1) is 15.3. The Bertz CT molecular complexity index is 656. The zero-order valence-corrected chi connectivity index (χ0v) is 14.5. The SMILES string of the molecule is COCc1nc(CN2CC3CCCCC32c2ccccc2)cs1. The third kappa shape index (κ3) is 2.63. The molecule has 0 amide bonds. The highest BCUT2D eigenvalue weighted by Gasteiger charge is 2.54. The minimum absolute atomic E-state index is 0.255. The van der Waals surface area contributed by atoms with Crippen molar-refractivity contribution in [2.45, 2.75) is 44.4 Å². The quantitative estimate of drug-likeness (QED) is 0.823. The van der Waals surface area contributed by atoms with Crippen molar-refractivity contribution in [3.63, 3.8) is 0 Å². The molecule has 1 aliphatic carbocycles.